The highest BCUT2D eigenvalue weighted by Crippen LogP contribution is 2.28. The number of nitrogens with zero attached hydrogens (tertiary/aromatic N) is 1. The van der Waals surface area contributed by atoms with Gasteiger partial charge in [0.2, 0.25) is 0 Å². The number of hydrogen-bond donors (Lipinski definition) is 1. The van der Waals surface area contributed by atoms with Crippen LogP contribution >= 0.6 is 11.8 Å². The van der Waals surface area contributed by atoms with Crippen LogP contribution in [0.4, 0.5) is 0 Å². The van der Waals surface area contributed by atoms with Crippen LogP contribution in [-0.4, -0.2) is 47.7 Å². The quantitative estimate of drug-likeness (QED) is 0.127. The normalized spacial score (nSPS) is 11.1. The van der Waals surface area contributed by atoms with Crippen LogP contribution in [0.3, 0.4) is 0 Å². The minimum atomic E-state index is -1.21. The molecule has 0 amide bonds. The van der Waals surface area contributed by atoms with Gasteiger partial charge < -0.3 is 19.5 Å². The Morgan fingerprint density at radius 1 is 0.600 bits per heavy atom. The minimum Gasteiger partial charge on any atom is -0.545 e. The number of benzene rings is 2. The predicted molar refractivity (Wildman–Crippen MR) is 166 cm³/mol. The zero-order chi connectivity index (χ0) is 29.6. The molecule has 2 aromatic rings. The molecule has 2 aromatic carbocycles. The van der Waals surface area contributed by atoms with E-state index in [2.05, 4.69) is 27.7 Å². The van der Waals surface area contributed by atoms with Crippen LogP contribution in [0.15, 0.2) is 58.3 Å². The number of rotatable bonds is 20. The van der Waals surface area contributed by atoms with Crippen LogP contribution in [-0.2, 0) is 0 Å². The van der Waals surface area contributed by atoms with Gasteiger partial charge in [0.15, 0.2) is 0 Å². The molecule has 0 fully saturated rings. The van der Waals surface area contributed by atoms with Gasteiger partial charge in [0.1, 0.15) is 0 Å². The number of carboxylic acids is 2. The Labute approximate surface area is 248 Å². The zero-order valence-corrected chi connectivity index (χ0v) is 26.3. The van der Waals surface area contributed by atoms with Gasteiger partial charge in [-0.1, -0.05) is 77.3 Å². The monoisotopic (exact) mass is 571 g/mol. The molecule has 40 heavy (non-hydrogen) atoms. The number of carbonyl (C=O) groups excluding carboxylic acids is 1. The average Bonchev–Trinajstić information content (AvgIpc) is 2.94. The lowest BCUT2D eigenvalue weighted by atomic mass is 10.1. The summed E-state index contributed by atoms with van der Waals surface area (Å²) in [6.07, 6.45) is 16.9. The van der Waals surface area contributed by atoms with Crippen molar-refractivity contribution >= 4 is 23.7 Å². The van der Waals surface area contributed by atoms with Crippen molar-refractivity contribution < 1.29 is 24.3 Å². The summed E-state index contributed by atoms with van der Waals surface area (Å²) in [4.78, 5) is 23.1. The summed E-state index contributed by atoms with van der Waals surface area (Å²) >= 11 is 1.42. The van der Waals surface area contributed by atoms with Crippen LogP contribution in [0.1, 0.15) is 125 Å². The molecule has 6 heteroatoms. The van der Waals surface area contributed by atoms with Crippen molar-refractivity contribution in [2.75, 3.05) is 26.2 Å². The van der Waals surface area contributed by atoms with Gasteiger partial charge >= 0.3 is 5.97 Å². The Hall–Kier alpha value is -2.31. The van der Waals surface area contributed by atoms with Crippen molar-refractivity contribution in [1.29, 1.82) is 0 Å². The molecular formula is C34H53NO4S. The number of hydrogen-bond acceptors (Lipinski definition) is 4. The van der Waals surface area contributed by atoms with E-state index in [9.17, 15) is 14.7 Å². The Balaban J connectivity index is 0.000000401. The molecule has 0 saturated heterocycles. The molecule has 1 N–H and O–H groups in total. The van der Waals surface area contributed by atoms with E-state index < -0.39 is 11.9 Å². The Morgan fingerprint density at radius 3 is 1.20 bits per heavy atom. The lowest BCUT2D eigenvalue weighted by Crippen LogP contribution is -2.50. The first-order chi connectivity index (χ1) is 19.3. The van der Waals surface area contributed by atoms with Crippen molar-refractivity contribution in [2.45, 2.75) is 115 Å². The highest BCUT2D eigenvalue weighted by Gasteiger charge is 2.25. The average molecular weight is 572 g/mol. The number of aromatic carboxylic acids is 2. The van der Waals surface area contributed by atoms with Crippen molar-refractivity contribution in [3.8, 4) is 0 Å². The molecule has 5 nitrogen and oxygen atoms in total. The summed E-state index contributed by atoms with van der Waals surface area (Å²) in [6, 6.07) is 12.8. The molecular weight excluding hydrogens is 518 g/mol. The molecule has 0 unspecified atom stereocenters. The van der Waals surface area contributed by atoms with Gasteiger partial charge in [0.05, 0.1) is 37.7 Å². The second-order valence-electron chi connectivity index (χ2n) is 10.8. The second-order valence-corrected chi connectivity index (χ2v) is 12.0. The molecule has 0 radical (unpaired) electrons. The maximum absolute atomic E-state index is 10.7. The fourth-order valence-corrected chi connectivity index (χ4v) is 5.74. The van der Waals surface area contributed by atoms with Crippen molar-refractivity contribution in [1.82, 2.24) is 0 Å². The lowest BCUT2D eigenvalue weighted by molar-refractivity contribution is -0.929. The molecule has 0 aliphatic carbocycles. The van der Waals surface area contributed by atoms with Crippen molar-refractivity contribution in [2.24, 2.45) is 0 Å². The smallest absolute Gasteiger partial charge is 0.335 e. The van der Waals surface area contributed by atoms with Crippen LogP contribution in [0.2, 0.25) is 0 Å². The fraction of sp³-hybridized carbons (Fsp3) is 0.588. The Kier molecular flexibility index (Phi) is 19.1. The first-order valence-electron chi connectivity index (χ1n) is 15.5. The highest BCUT2D eigenvalue weighted by molar-refractivity contribution is 7.99. The SMILES string of the molecule is CCCCC[N+](CCCCC)(CCCCC)CCCCC.O=C([O-])c1ccc(Sc2ccc(C(=O)O)cc2)cc1. The van der Waals surface area contributed by atoms with Gasteiger partial charge in [-0.25, -0.2) is 4.79 Å². The third-order valence-corrected chi connectivity index (χ3v) is 8.39. The summed E-state index contributed by atoms with van der Waals surface area (Å²) < 4.78 is 1.44. The number of unbranched alkanes of at least 4 members (excludes halogenated alkanes) is 8. The molecule has 0 aromatic heterocycles. The molecule has 0 heterocycles. The maximum atomic E-state index is 10.7. The van der Waals surface area contributed by atoms with E-state index in [1.54, 1.807) is 24.3 Å². The lowest BCUT2D eigenvalue weighted by Gasteiger charge is -2.39. The van der Waals surface area contributed by atoms with E-state index in [4.69, 9.17) is 5.11 Å². The van der Waals surface area contributed by atoms with E-state index in [-0.39, 0.29) is 11.1 Å². The fourth-order valence-electron chi connectivity index (χ4n) is 4.92. The van der Waals surface area contributed by atoms with Crippen LogP contribution in [0.5, 0.6) is 0 Å². The van der Waals surface area contributed by atoms with Gasteiger partial charge in [0, 0.05) is 9.79 Å². The van der Waals surface area contributed by atoms with E-state index in [1.165, 1.54) is 144 Å². The van der Waals surface area contributed by atoms with Gasteiger partial charge in [-0.2, -0.15) is 0 Å². The first kappa shape index (κ1) is 35.7. The molecule has 0 aliphatic heterocycles. The van der Waals surface area contributed by atoms with Crippen LogP contribution in [0.25, 0.3) is 0 Å². The van der Waals surface area contributed by atoms with E-state index in [0.29, 0.717) is 0 Å². The largest absolute Gasteiger partial charge is 0.545 e. The van der Waals surface area contributed by atoms with E-state index in [0.717, 1.165) is 9.79 Å². The second kappa shape index (κ2) is 21.4. The summed E-state index contributed by atoms with van der Waals surface area (Å²) in [5.41, 5.74) is 0.363. The van der Waals surface area contributed by atoms with Crippen molar-refractivity contribution in [3.05, 3.63) is 59.7 Å². The topological polar surface area (TPSA) is 77.4 Å². The van der Waals surface area contributed by atoms with Gasteiger partial charge in [-0.15, -0.1) is 0 Å². The highest BCUT2D eigenvalue weighted by atomic mass is 32.2. The predicted octanol–water partition coefficient (Wildman–Crippen LogP) is 8.46. The summed E-state index contributed by atoms with van der Waals surface area (Å²) in [7, 11) is 0. The van der Waals surface area contributed by atoms with Crippen LogP contribution in [0, 0.1) is 0 Å². The third kappa shape index (κ3) is 14.9. The van der Waals surface area contributed by atoms with Crippen molar-refractivity contribution in [3.63, 3.8) is 0 Å². The summed E-state index contributed by atoms with van der Waals surface area (Å²) in [6.45, 7) is 15.1. The first-order valence-corrected chi connectivity index (χ1v) is 16.3. The molecule has 0 aliphatic rings. The van der Waals surface area contributed by atoms with Gasteiger partial charge in [-0.3, -0.25) is 0 Å². The van der Waals surface area contributed by atoms with E-state index in [1.807, 2.05) is 0 Å². The minimum absolute atomic E-state index is 0.130. The third-order valence-electron chi connectivity index (χ3n) is 7.37. The molecule has 0 atom stereocenters. The Morgan fingerprint density at radius 2 is 0.925 bits per heavy atom. The molecule has 0 saturated carbocycles. The van der Waals surface area contributed by atoms with E-state index >= 15 is 0 Å². The standard InChI is InChI=1S/C20H44N.C14H10O4S/c1-5-9-13-17-21(18-14-10-6-2,19-15-11-7-3)20-16-12-8-4;15-13(16)9-1-5-11(6-2-9)19-12-7-3-10(4-8-12)14(17)18/h5-20H2,1-4H3;1-8H,(H,15,16)(H,17,18)/q+1;/p-1. The number of quaternary nitrogens is 1. The van der Waals surface area contributed by atoms with Gasteiger partial charge in [-0.05, 0) is 93.3 Å². The molecule has 224 valence electrons. The molecule has 2 rings (SSSR count). The maximum Gasteiger partial charge on any atom is 0.335 e. The molecule has 0 bridgehead atoms. The Bertz CT molecular complexity index is 842. The summed E-state index contributed by atoms with van der Waals surface area (Å²) in [5.74, 6) is -2.17. The number of carbonyl (C=O) groups is 2. The van der Waals surface area contributed by atoms with Gasteiger partial charge in [0.25, 0.3) is 0 Å². The zero-order valence-electron chi connectivity index (χ0n) is 25.5. The summed E-state index contributed by atoms with van der Waals surface area (Å²) in [5, 5.41) is 19.4. The van der Waals surface area contributed by atoms with Crippen LogP contribution < -0.4 is 5.11 Å². The molecule has 0 spiro atoms. The number of carboxylic acid groups (broad SMARTS) is 2.